The summed E-state index contributed by atoms with van der Waals surface area (Å²) < 4.78 is 0. The Labute approximate surface area is 149 Å². The Morgan fingerprint density at radius 3 is 2.00 bits per heavy atom. The van der Waals surface area contributed by atoms with Crippen LogP contribution in [0.3, 0.4) is 0 Å². The van der Waals surface area contributed by atoms with Gasteiger partial charge in [0.2, 0.25) is 5.91 Å². The van der Waals surface area contributed by atoms with Gasteiger partial charge in [-0.1, -0.05) is 0 Å². The second kappa shape index (κ2) is 9.91. The molecule has 11 heteroatoms. The van der Waals surface area contributed by atoms with E-state index < -0.39 is 27.1 Å². The molecule has 0 radical (unpaired) electrons. The quantitative estimate of drug-likeness (QED) is 0.322. The fourth-order valence-electron chi connectivity index (χ4n) is 2.26. The molecule has 0 aliphatic rings. The van der Waals surface area contributed by atoms with E-state index in [-0.39, 0.29) is 23.7 Å². The molecule has 0 bridgehead atoms. The SMILES string of the molecule is CNC(=O)c1cc([N+](=O)[O-])c(NCCCCCNC(C)=O)c([N+](=O)[O-])c1. The lowest BCUT2D eigenvalue weighted by molar-refractivity contribution is -0.392. The number of nitrogens with zero attached hydrogens (tertiary/aromatic N) is 2. The van der Waals surface area contributed by atoms with Crippen LogP contribution in [-0.2, 0) is 4.79 Å². The van der Waals surface area contributed by atoms with Gasteiger partial charge in [0.25, 0.3) is 17.3 Å². The van der Waals surface area contributed by atoms with Crippen molar-refractivity contribution in [3.8, 4) is 0 Å². The minimum atomic E-state index is -0.765. The van der Waals surface area contributed by atoms with Crippen molar-refractivity contribution >= 4 is 28.9 Å². The topological polar surface area (TPSA) is 157 Å². The zero-order chi connectivity index (χ0) is 19.7. The second-order valence-corrected chi connectivity index (χ2v) is 5.45. The van der Waals surface area contributed by atoms with E-state index in [2.05, 4.69) is 16.0 Å². The van der Waals surface area contributed by atoms with Crippen LogP contribution in [0.25, 0.3) is 0 Å². The van der Waals surface area contributed by atoms with Gasteiger partial charge in [0.15, 0.2) is 5.69 Å². The van der Waals surface area contributed by atoms with Gasteiger partial charge in [-0.15, -0.1) is 0 Å². The lowest BCUT2D eigenvalue weighted by atomic mass is 10.1. The molecule has 0 aromatic heterocycles. The number of carbonyl (C=O) groups is 2. The normalized spacial score (nSPS) is 10.1. The molecule has 1 aromatic carbocycles. The summed E-state index contributed by atoms with van der Waals surface area (Å²) in [4.78, 5) is 43.4. The summed E-state index contributed by atoms with van der Waals surface area (Å²) >= 11 is 0. The van der Waals surface area contributed by atoms with Gasteiger partial charge in [-0.2, -0.15) is 0 Å². The van der Waals surface area contributed by atoms with E-state index in [0.29, 0.717) is 13.0 Å². The van der Waals surface area contributed by atoms with Crippen LogP contribution in [0.15, 0.2) is 12.1 Å². The van der Waals surface area contributed by atoms with Gasteiger partial charge in [-0.25, -0.2) is 0 Å². The largest absolute Gasteiger partial charge is 0.374 e. The summed E-state index contributed by atoms with van der Waals surface area (Å²) in [5.41, 5.74) is -1.45. The summed E-state index contributed by atoms with van der Waals surface area (Å²) in [5, 5.41) is 30.2. The van der Waals surface area contributed by atoms with Gasteiger partial charge in [0, 0.05) is 39.2 Å². The molecule has 0 spiro atoms. The third-order valence-corrected chi connectivity index (χ3v) is 3.51. The number of rotatable bonds is 10. The molecule has 11 nitrogen and oxygen atoms in total. The van der Waals surface area contributed by atoms with Gasteiger partial charge in [0.1, 0.15) is 0 Å². The number of nitro groups is 2. The summed E-state index contributed by atoms with van der Waals surface area (Å²) in [6, 6.07) is 2.01. The van der Waals surface area contributed by atoms with Crippen LogP contribution in [0.1, 0.15) is 36.5 Å². The van der Waals surface area contributed by atoms with E-state index in [9.17, 15) is 29.8 Å². The average Bonchev–Trinajstić information content (AvgIpc) is 2.59. The number of nitrogens with one attached hydrogen (secondary N) is 3. The molecule has 26 heavy (non-hydrogen) atoms. The first-order valence-corrected chi connectivity index (χ1v) is 7.95. The standard InChI is InChI=1S/C15H21N5O6/c1-10(21)17-6-4-3-5-7-18-14-12(19(23)24)8-11(15(22)16-2)9-13(14)20(25)26/h8-9,18H,3-7H2,1-2H3,(H,16,22)(H,17,21). The molecule has 1 rings (SSSR count). The Morgan fingerprint density at radius 2 is 1.54 bits per heavy atom. The van der Waals surface area contributed by atoms with Crippen molar-refractivity contribution in [1.29, 1.82) is 0 Å². The van der Waals surface area contributed by atoms with Crippen molar-refractivity contribution in [1.82, 2.24) is 10.6 Å². The molecule has 0 aliphatic carbocycles. The molecule has 1 aromatic rings. The molecule has 0 heterocycles. The van der Waals surface area contributed by atoms with Gasteiger partial charge in [-0.05, 0) is 19.3 Å². The molecule has 0 atom stereocenters. The van der Waals surface area contributed by atoms with Gasteiger partial charge in [0.05, 0.1) is 15.4 Å². The second-order valence-electron chi connectivity index (χ2n) is 5.45. The van der Waals surface area contributed by atoms with E-state index in [4.69, 9.17) is 0 Å². The van der Waals surface area contributed by atoms with Crippen LogP contribution in [0, 0.1) is 20.2 Å². The number of amides is 2. The highest BCUT2D eigenvalue weighted by Gasteiger charge is 2.28. The number of anilines is 1. The Morgan fingerprint density at radius 1 is 1.00 bits per heavy atom. The van der Waals surface area contributed by atoms with Crippen molar-refractivity contribution in [2.24, 2.45) is 0 Å². The van der Waals surface area contributed by atoms with E-state index in [0.717, 1.165) is 25.0 Å². The van der Waals surface area contributed by atoms with Crippen molar-refractivity contribution in [3.63, 3.8) is 0 Å². The average molecular weight is 367 g/mol. The van der Waals surface area contributed by atoms with E-state index in [1.54, 1.807) is 0 Å². The lowest BCUT2D eigenvalue weighted by Crippen LogP contribution is -2.20. The van der Waals surface area contributed by atoms with Gasteiger partial charge >= 0.3 is 0 Å². The maximum atomic E-state index is 11.7. The maximum Gasteiger partial charge on any atom is 0.300 e. The van der Waals surface area contributed by atoms with Crippen LogP contribution in [-0.4, -0.2) is 41.8 Å². The van der Waals surface area contributed by atoms with Crippen LogP contribution < -0.4 is 16.0 Å². The lowest BCUT2D eigenvalue weighted by Gasteiger charge is -2.09. The van der Waals surface area contributed by atoms with Crippen LogP contribution in [0.2, 0.25) is 0 Å². The van der Waals surface area contributed by atoms with Crippen LogP contribution >= 0.6 is 0 Å². The monoisotopic (exact) mass is 367 g/mol. The molecule has 0 saturated carbocycles. The Hall–Kier alpha value is -3.24. The summed E-state index contributed by atoms with van der Waals surface area (Å²) in [6.45, 7) is 2.22. The fourth-order valence-corrected chi connectivity index (χ4v) is 2.26. The highest BCUT2D eigenvalue weighted by atomic mass is 16.6. The molecule has 142 valence electrons. The number of hydrogen-bond acceptors (Lipinski definition) is 7. The first kappa shape index (κ1) is 20.8. The maximum absolute atomic E-state index is 11.7. The van der Waals surface area contributed by atoms with Crippen molar-refractivity contribution in [2.75, 3.05) is 25.5 Å². The number of carbonyl (C=O) groups excluding carboxylic acids is 2. The molecule has 0 fully saturated rings. The molecule has 0 aliphatic heterocycles. The first-order valence-electron chi connectivity index (χ1n) is 7.95. The molecule has 0 saturated heterocycles. The van der Waals surface area contributed by atoms with Crippen LogP contribution in [0.4, 0.5) is 17.1 Å². The minimum absolute atomic E-state index is 0.120. The fraction of sp³-hybridized carbons (Fsp3) is 0.467. The van der Waals surface area contributed by atoms with E-state index in [1.807, 2.05) is 0 Å². The third kappa shape index (κ3) is 6.00. The minimum Gasteiger partial charge on any atom is -0.374 e. The van der Waals surface area contributed by atoms with Gasteiger partial charge in [-0.3, -0.25) is 29.8 Å². The zero-order valence-electron chi connectivity index (χ0n) is 14.5. The van der Waals surface area contributed by atoms with Crippen molar-refractivity contribution < 1.29 is 19.4 Å². The molecule has 2 amide bonds. The molecular weight excluding hydrogens is 346 g/mol. The summed E-state index contributed by atoms with van der Waals surface area (Å²) in [7, 11) is 1.33. The molecular formula is C15H21N5O6. The Balaban J connectivity index is 2.88. The smallest absolute Gasteiger partial charge is 0.300 e. The van der Waals surface area contributed by atoms with E-state index >= 15 is 0 Å². The predicted octanol–water partition coefficient (Wildman–Crippen LogP) is 1.58. The number of nitro benzene ring substituents is 2. The summed E-state index contributed by atoms with van der Waals surface area (Å²) in [5.74, 6) is -0.772. The molecule has 3 N–H and O–H groups in total. The number of benzene rings is 1. The number of unbranched alkanes of at least 4 members (excludes halogenated alkanes) is 2. The van der Waals surface area contributed by atoms with E-state index in [1.165, 1.54) is 14.0 Å². The van der Waals surface area contributed by atoms with Crippen molar-refractivity contribution in [3.05, 3.63) is 37.9 Å². The Bertz CT molecular complexity index is 671. The van der Waals surface area contributed by atoms with Gasteiger partial charge < -0.3 is 16.0 Å². The zero-order valence-corrected chi connectivity index (χ0v) is 14.5. The third-order valence-electron chi connectivity index (χ3n) is 3.51. The van der Waals surface area contributed by atoms with Crippen LogP contribution in [0.5, 0.6) is 0 Å². The highest BCUT2D eigenvalue weighted by Crippen LogP contribution is 2.35. The number of hydrogen-bond donors (Lipinski definition) is 3. The predicted molar refractivity (Wildman–Crippen MR) is 94.2 cm³/mol. The van der Waals surface area contributed by atoms with Crippen molar-refractivity contribution in [2.45, 2.75) is 26.2 Å². The molecule has 0 unspecified atom stereocenters. The Kier molecular flexibility index (Phi) is 7.93. The highest BCUT2D eigenvalue weighted by molar-refractivity contribution is 5.97. The summed E-state index contributed by atoms with van der Waals surface area (Å²) in [6.07, 6.45) is 2.05. The first-order chi connectivity index (χ1) is 12.3.